The Morgan fingerprint density at radius 1 is 1.04 bits per heavy atom. The maximum absolute atomic E-state index is 12.4. The monoisotopic (exact) mass is 380 g/mol. The van der Waals surface area contributed by atoms with Gasteiger partial charge in [0.1, 0.15) is 0 Å². The molecule has 0 aromatic heterocycles. The quantitative estimate of drug-likeness (QED) is 0.709. The number of rotatable bonds is 8. The zero-order valence-electron chi connectivity index (χ0n) is 14.2. The Labute approximate surface area is 153 Å². The minimum Gasteiger partial charge on any atom is -0.376 e. The molecule has 0 aliphatic heterocycles. The molecule has 0 saturated heterocycles. The second-order valence-corrected chi connectivity index (χ2v) is 7.72. The molecule has 0 unspecified atom stereocenters. The molecule has 0 fully saturated rings. The molecule has 2 aromatic rings. The van der Waals surface area contributed by atoms with E-state index in [0.717, 1.165) is 0 Å². The van der Waals surface area contributed by atoms with E-state index in [9.17, 15) is 13.2 Å². The first-order valence-corrected chi connectivity index (χ1v) is 9.83. The summed E-state index contributed by atoms with van der Waals surface area (Å²) in [6.07, 6.45) is 0. The van der Waals surface area contributed by atoms with Crippen molar-refractivity contribution in [2.24, 2.45) is 0 Å². The highest BCUT2D eigenvalue weighted by Gasteiger charge is 2.21. The van der Waals surface area contributed by atoms with Gasteiger partial charge in [0.05, 0.1) is 22.2 Å². The molecule has 134 valence electrons. The molecule has 2 aromatic carbocycles. The SMILES string of the molecule is CCN(CC)S(=O)(=O)c1ccc(C(=O)CNc2ccccc2Cl)cc1. The molecule has 0 heterocycles. The van der Waals surface area contributed by atoms with Crippen LogP contribution in [0.1, 0.15) is 24.2 Å². The lowest BCUT2D eigenvalue weighted by Crippen LogP contribution is -2.30. The lowest BCUT2D eigenvalue weighted by Gasteiger charge is -2.18. The second-order valence-electron chi connectivity index (χ2n) is 5.37. The molecule has 0 aliphatic rings. The maximum Gasteiger partial charge on any atom is 0.243 e. The predicted molar refractivity (Wildman–Crippen MR) is 101 cm³/mol. The van der Waals surface area contributed by atoms with Gasteiger partial charge in [-0.2, -0.15) is 4.31 Å². The summed E-state index contributed by atoms with van der Waals surface area (Å²) in [6, 6.07) is 13.2. The summed E-state index contributed by atoms with van der Waals surface area (Å²) in [6.45, 7) is 4.47. The van der Waals surface area contributed by atoms with Crippen molar-refractivity contribution in [2.45, 2.75) is 18.7 Å². The van der Waals surface area contributed by atoms with Gasteiger partial charge >= 0.3 is 0 Å². The third-order valence-electron chi connectivity index (χ3n) is 3.83. The first kappa shape index (κ1) is 19.4. The van der Waals surface area contributed by atoms with E-state index in [4.69, 9.17) is 11.6 Å². The number of nitrogens with one attached hydrogen (secondary N) is 1. The molecular formula is C18H21ClN2O3S. The number of benzene rings is 2. The molecule has 0 bridgehead atoms. The molecule has 0 saturated carbocycles. The Bertz CT molecular complexity index is 832. The second kappa shape index (κ2) is 8.47. The van der Waals surface area contributed by atoms with Crippen molar-refractivity contribution >= 4 is 33.1 Å². The lowest BCUT2D eigenvalue weighted by molar-refractivity contribution is 0.101. The van der Waals surface area contributed by atoms with Gasteiger partial charge in [0.15, 0.2) is 5.78 Å². The van der Waals surface area contributed by atoms with Gasteiger partial charge in [-0.25, -0.2) is 8.42 Å². The summed E-state index contributed by atoms with van der Waals surface area (Å²) in [5.74, 6) is -0.147. The highest BCUT2D eigenvalue weighted by atomic mass is 35.5. The fourth-order valence-corrected chi connectivity index (χ4v) is 4.07. The number of ketones is 1. The molecule has 0 aliphatic carbocycles. The predicted octanol–water partition coefficient (Wildman–Crippen LogP) is 3.67. The van der Waals surface area contributed by atoms with Crippen molar-refractivity contribution in [3.63, 3.8) is 0 Å². The zero-order valence-corrected chi connectivity index (χ0v) is 15.8. The first-order chi connectivity index (χ1) is 11.9. The number of sulfonamides is 1. The highest BCUT2D eigenvalue weighted by Crippen LogP contribution is 2.21. The van der Waals surface area contributed by atoms with E-state index in [1.54, 1.807) is 26.0 Å². The Morgan fingerprint density at radius 2 is 1.64 bits per heavy atom. The fourth-order valence-electron chi connectivity index (χ4n) is 2.41. The zero-order chi connectivity index (χ0) is 18.4. The molecule has 0 radical (unpaired) electrons. The normalized spacial score (nSPS) is 11.5. The molecule has 7 heteroatoms. The van der Waals surface area contributed by atoms with Crippen LogP contribution in [0.25, 0.3) is 0 Å². The van der Waals surface area contributed by atoms with Crippen molar-refractivity contribution in [1.29, 1.82) is 0 Å². The van der Waals surface area contributed by atoms with Gasteiger partial charge in [-0.05, 0) is 36.4 Å². The maximum atomic E-state index is 12.4. The number of hydrogen-bond donors (Lipinski definition) is 1. The van der Waals surface area contributed by atoms with Crippen LogP contribution >= 0.6 is 11.6 Å². The van der Waals surface area contributed by atoms with Crippen molar-refractivity contribution in [3.05, 3.63) is 59.1 Å². The number of para-hydroxylation sites is 1. The number of hydrogen-bond acceptors (Lipinski definition) is 4. The van der Waals surface area contributed by atoms with E-state index >= 15 is 0 Å². The number of nitrogens with zero attached hydrogens (tertiary/aromatic N) is 1. The van der Waals surface area contributed by atoms with Crippen LogP contribution in [0.4, 0.5) is 5.69 Å². The molecule has 0 spiro atoms. The summed E-state index contributed by atoms with van der Waals surface area (Å²) in [4.78, 5) is 12.5. The summed E-state index contributed by atoms with van der Waals surface area (Å²) in [5, 5.41) is 3.52. The van der Waals surface area contributed by atoms with Gasteiger partial charge in [-0.15, -0.1) is 0 Å². The molecular weight excluding hydrogens is 360 g/mol. The van der Waals surface area contributed by atoms with Gasteiger partial charge in [-0.1, -0.05) is 37.6 Å². The van der Waals surface area contributed by atoms with Crippen molar-refractivity contribution in [3.8, 4) is 0 Å². The average molecular weight is 381 g/mol. The third-order valence-corrected chi connectivity index (χ3v) is 6.23. The Balaban J connectivity index is 2.09. The van der Waals surface area contributed by atoms with Crippen LogP contribution in [0.3, 0.4) is 0 Å². The van der Waals surface area contributed by atoms with Crippen LogP contribution in [0.2, 0.25) is 5.02 Å². The minimum absolute atomic E-state index is 0.0753. The van der Waals surface area contributed by atoms with E-state index in [0.29, 0.717) is 29.4 Å². The number of anilines is 1. The van der Waals surface area contributed by atoms with E-state index < -0.39 is 10.0 Å². The number of carbonyl (C=O) groups is 1. The van der Waals surface area contributed by atoms with E-state index in [-0.39, 0.29) is 17.2 Å². The fraction of sp³-hybridized carbons (Fsp3) is 0.278. The van der Waals surface area contributed by atoms with Crippen LogP contribution in [-0.4, -0.2) is 38.1 Å². The Hall–Kier alpha value is -1.89. The van der Waals surface area contributed by atoms with Crippen molar-refractivity contribution < 1.29 is 13.2 Å². The summed E-state index contributed by atoms with van der Waals surface area (Å²) in [7, 11) is -3.52. The largest absolute Gasteiger partial charge is 0.376 e. The average Bonchev–Trinajstić information content (AvgIpc) is 2.61. The van der Waals surface area contributed by atoms with Gasteiger partial charge in [-0.3, -0.25) is 4.79 Å². The number of Topliss-reactive ketones (excluding diaryl/α,β-unsaturated/α-hetero) is 1. The van der Waals surface area contributed by atoms with E-state index in [1.165, 1.54) is 28.6 Å². The number of halogens is 1. The topological polar surface area (TPSA) is 66.5 Å². The molecule has 25 heavy (non-hydrogen) atoms. The smallest absolute Gasteiger partial charge is 0.243 e. The molecule has 1 N–H and O–H groups in total. The third kappa shape index (κ3) is 4.60. The van der Waals surface area contributed by atoms with E-state index in [2.05, 4.69) is 5.32 Å². The first-order valence-electron chi connectivity index (χ1n) is 8.02. The molecule has 0 atom stereocenters. The molecule has 2 rings (SSSR count). The standard InChI is InChI=1S/C18H21ClN2O3S/c1-3-21(4-2)25(23,24)15-11-9-14(10-12-15)18(22)13-20-17-8-6-5-7-16(17)19/h5-12,20H,3-4,13H2,1-2H3. The summed E-state index contributed by atoms with van der Waals surface area (Å²) >= 11 is 6.04. The number of carbonyl (C=O) groups excluding carboxylic acids is 1. The van der Waals surface area contributed by atoms with Gasteiger partial charge in [0.25, 0.3) is 0 Å². The van der Waals surface area contributed by atoms with Crippen LogP contribution in [0.5, 0.6) is 0 Å². The Kier molecular flexibility index (Phi) is 6.58. The van der Waals surface area contributed by atoms with Crippen molar-refractivity contribution in [1.82, 2.24) is 4.31 Å². The van der Waals surface area contributed by atoms with Crippen LogP contribution < -0.4 is 5.32 Å². The Morgan fingerprint density at radius 3 is 2.20 bits per heavy atom. The summed E-state index contributed by atoms with van der Waals surface area (Å²) < 4.78 is 26.3. The van der Waals surface area contributed by atoms with E-state index in [1.807, 2.05) is 12.1 Å². The van der Waals surface area contributed by atoms with Gasteiger partial charge in [0, 0.05) is 18.7 Å². The van der Waals surface area contributed by atoms with Crippen LogP contribution in [0, 0.1) is 0 Å². The molecule has 5 nitrogen and oxygen atoms in total. The summed E-state index contributed by atoms with van der Waals surface area (Å²) in [5.41, 5.74) is 1.12. The van der Waals surface area contributed by atoms with Crippen LogP contribution in [0.15, 0.2) is 53.4 Å². The molecule has 0 amide bonds. The van der Waals surface area contributed by atoms with Crippen LogP contribution in [-0.2, 0) is 10.0 Å². The minimum atomic E-state index is -3.52. The van der Waals surface area contributed by atoms with Gasteiger partial charge in [0.2, 0.25) is 10.0 Å². The highest BCUT2D eigenvalue weighted by molar-refractivity contribution is 7.89. The van der Waals surface area contributed by atoms with Gasteiger partial charge < -0.3 is 5.32 Å². The lowest BCUT2D eigenvalue weighted by atomic mass is 10.1. The van der Waals surface area contributed by atoms with Crippen molar-refractivity contribution in [2.75, 3.05) is 25.0 Å².